The molecule has 1 atom stereocenters. The second-order valence-corrected chi connectivity index (χ2v) is 7.28. The highest BCUT2D eigenvalue weighted by Gasteiger charge is 2.31. The highest BCUT2D eigenvalue weighted by Crippen LogP contribution is 2.17. The quantitative estimate of drug-likeness (QED) is 0.827. The number of benzene rings is 1. The van der Waals surface area contributed by atoms with E-state index in [1.807, 2.05) is 6.07 Å². The van der Waals surface area contributed by atoms with Crippen LogP contribution in [-0.2, 0) is 27.3 Å². The van der Waals surface area contributed by atoms with Crippen molar-refractivity contribution in [2.75, 3.05) is 13.1 Å². The largest absolute Gasteiger partial charge is 0.457 e. The van der Waals surface area contributed by atoms with E-state index < -0.39 is 23.8 Å². The number of ether oxygens (including phenoxy) is 2. The first-order valence-electron chi connectivity index (χ1n) is 8.65. The topological polar surface area (TPSA) is 76.1 Å². The van der Waals surface area contributed by atoms with Crippen LogP contribution < -0.4 is 0 Å². The molecule has 6 nitrogen and oxygen atoms in total. The molecule has 1 aliphatic rings. The lowest BCUT2D eigenvalue weighted by Crippen LogP contribution is -2.39. The molecule has 1 amide bonds. The Balaban J connectivity index is 2.12. The van der Waals surface area contributed by atoms with E-state index in [1.54, 1.807) is 43.9 Å². The van der Waals surface area contributed by atoms with Crippen LogP contribution in [0.3, 0.4) is 0 Å². The second-order valence-electron chi connectivity index (χ2n) is 7.28. The normalized spacial score (nSPS) is 15.8. The Kier molecular flexibility index (Phi) is 6.42. The molecule has 0 bridgehead atoms. The number of esters is 1. The SMILES string of the molecule is CC(C)(C)OC(=O)[C@H](Cc1cccc(CO)c1)OC(=O)N1CCCC1. The van der Waals surface area contributed by atoms with Crippen molar-refractivity contribution < 1.29 is 24.2 Å². The highest BCUT2D eigenvalue weighted by molar-refractivity contribution is 5.79. The first-order valence-corrected chi connectivity index (χ1v) is 8.65. The van der Waals surface area contributed by atoms with E-state index in [9.17, 15) is 14.7 Å². The van der Waals surface area contributed by atoms with Crippen LogP contribution >= 0.6 is 0 Å². The van der Waals surface area contributed by atoms with Crippen molar-refractivity contribution >= 4 is 12.1 Å². The van der Waals surface area contributed by atoms with E-state index in [-0.39, 0.29) is 13.0 Å². The molecule has 1 saturated heterocycles. The summed E-state index contributed by atoms with van der Waals surface area (Å²) in [6.07, 6.45) is 0.616. The van der Waals surface area contributed by atoms with Gasteiger partial charge in [0.05, 0.1) is 6.61 Å². The number of hydrogen-bond donors (Lipinski definition) is 1. The van der Waals surface area contributed by atoms with Crippen LogP contribution in [0.4, 0.5) is 4.79 Å². The van der Waals surface area contributed by atoms with Crippen LogP contribution in [0.15, 0.2) is 24.3 Å². The predicted octanol–water partition coefficient (Wildman–Crippen LogP) is 2.66. The van der Waals surface area contributed by atoms with Gasteiger partial charge in [-0.1, -0.05) is 24.3 Å². The van der Waals surface area contributed by atoms with Gasteiger partial charge in [0, 0.05) is 19.5 Å². The first-order chi connectivity index (χ1) is 11.8. The number of carbonyl (C=O) groups is 2. The lowest BCUT2D eigenvalue weighted by Gasteiger charge is -2.25. The number of hydrogen-bond acceptors (Lipinski definition) is 5. The van der Waals surface area contributed by atoms with Gasteiger partial charge in [-0.3, -0.25) is 0 Å². The van der Waals surface area contributed by atoms with Crippen molar-refractivity contribution in [3.05, 3.63) is 35.4 Å². The van der Waals surface area contributed by atoms with Crippen LogP contribution in [0.1, 0.15) is 44.7 Å². The summed E-state index contributed by atoms with van der Waals surface area (Å²) < 4.78 is 10.9. The summed E-state index contributed by atoms with van der Waals surface area (Å²) in [7, 11) is 0. The van der Waals surface area contributed by atoms with Crippen molar-refractivity contribution in [3.63, 3.8) is 0 Å². The van der Waals surface area contributed by atoms with Crippen LogP contribution in [0.25, 0.3) is 0 Å². The third-order valence-electron chi connectivity index (χ3n) is 3.87. The fraction of sp³-hybridized carbons (Fsp3) is 0.579. The standard InChI is InChI=1S/C19H27NO5/c1-19(2,3)25-17(22)16(24-18(23)20-9-4-5-10-20)12-14-7-6-8-15(11-14)13-21/h6-8,11,16,21H,4-5,9-10,12-13H2,1-3H3/t16-/m0/s1. The third-order valence-corrected chi connectivity index (χ3v) is 3.87. The van der Waals surface area contributed by atoms with Crippen molar-refractivity contribution in [1.82, 2.24) is 4.90 Å². The van der Waals surface area contributed by atoms with Crippen LogP contribution in [0.2, 0.25) is 0 Å². The van der Waals surface area contributed by atoms with E-state index in [0.717, 1.165) is 24.0 Å². The molecule has 0 radical (unpaired) electrons. The summed E-state index contributed by atoms with van der Waals surface area (Å²) in [6.45, 7) is 6.54. The van der Waals surface area contributed by atoms with E-state index in [0.29, 0.717) is 13.1 Å². The first kappa shape index (κ1) is 19.2. The zero-order valence-corrected chi connectivity index (χ0v) is 15.2. The Labute approximate surface area is 148 Å². The average Bonchev–Trinajstić information content (AvgIpc) is 3.07. The third kappa shape index (κ3) is 6.05. The summed E-state index contributed by atoms with van der Waals surface area (Å²) in [6, 6.07) is 7.22. The van der Waals surface area contributed by atoms with Gasteiger partial charge in [0.25, 0.3) is 0 Å². The highest BCUT2D eigenvalue weighted by atomic mass is 16.6. The maximum atomic E-state index is 12.5. The van der Waals surface area contributed by atoms with E-state index in [1.165, 1.54) is 0 Å². The summed E-state index contributed by atoms with van der Waals surface area (Å²) in [4.78, 5) is 26.4. The summed E-state index contributed by atoms with van der Waals surface area (Å²) in [5.41, 5.74) is 0.880. The molecule has 1 aromatic carbocycles. The maximum Gasteiger partial charge on any atom is 0.410 e. The zero-order valence-electron chi connectivity index (χ0n) is 15.2. The molecule has 138 valence electrons. The van der Waals surface area contributed by atoms with Gasteiger partial charge in [-0.05, 0) is 44.7 Å². The van der Waals surface area contributed by atoms with Crippen LogP contribution in [0, 0.1) is 0 Å². The number of likely N-dealkylation sites (tertiary alicyclic amines) is 1. The Morgan fingerprint density at radius 3 is 2.44 bits per heavy atom. The molecular formula is C19H27NO5. The molecule has 25 heavy (non-hydrogen) atoms. The number of amides is 1. The minimum Gasteiger partial charge on any atom is -0.457 e. The Morgan fingerprint density at radius 1 is 1.20 bits per heavy atom. The number of carbonyl (C=O) groups excluding carboxylic acids is 2. The minimum absolute atomic E-state index is 0.0848. The van der Waals surface area contributed by atoms with Crippen molar-refractivity contribution in [3.8, 4) is 0 Å². The fourth-order valence-electron chi connectivity index (χ4n) is 2.71. The Hall–Kier alpha value is -2.08. The molecule has 6 heteroatoms. The lowest BCUT2D eigenvalue weighted by molar-refractivity contribution is -0.165. The second kappa shape index (κ2) is 8.34. The summed E-state index contributed by atoms with van der Waals surface area (Å²) in [5.74, 6) is -0.561. The smallest absolute Gasteiger partial charge is 0.410 e. The molecule has 1 fully saturated rings. The van der Waals surface area contributed by atoms with Gasteiger partial charge >= 0.3 is 12.1 Å². The number of rotatable bonds is 5. The minimum atomic E-state index is -1.01. The van der Waals surface area contributed by atoms with Gasteiger partial charge in [-0.2, -0.15) is 0 Å². The summed E-state index contributed by atoms with van der Waals surface area (Å²) in [5, 5.41) is 9.26. The Bertz CT molecular complexity index is 602. The van der Waals surface area contributed by atoms with E-state index in [2.05, 4.69) is 0 Å². The van der Waals surface area contributed by atoms with Gasteiger partial charge in [0.2, 0.25) is 6.10 Å². The molecule has 0 aliphatic carbocycles. The van der Waals surface area contributed by atoms with Crippen LogP contribution in [0.5, 0.6) is 0 Å². The van der Waals surface area contributed by atoms with Crippen molar-refractivity contribution in [1.29, 1.82) is 0 Å². The lowest BCUT2D eigenvalue weighted by atomic mass is 10.0. The summed E-state index contributed by atoms with van der Waals surface area (Å²) >= 11 is 0. The number of aliphatic hydroxyl groups is 1. The van der Waals surface area contributed by atoms with Gasteiger partial charge < -0.3 is 19.5 Å². The van der Waals surface area contributed by atoms with Gasteiger partial charge in [0.15, 0.2) is 0 Å². The van der Waals surface area contributed by atoms with Crippen molar-refractivity contribution in [2.45, 2.75) is 58.3 Å². The fourth-order valence-corrected chi connectivity index (χ4v) is 2.71. The van der Waals surface area contributed by atoms with Gasteiger partial charge in [-0.25, -0.2) is 9.59 Å². The van der Waals surface area contributed by atoms with Gasteiger partial charge in [-0.15, -0.1) is 0 Å². The molecule has 1 aliphatic heterocycles. The Morgan fingerprint density at radius 2 is 1.84 bits per heavy atom. The molecule has 0 spiro atoms. The number of aliphatic hydroxyl groups excluding tert-OH is 1. The average molecular weight is 349 g/mol. The van der Waals surface area contributed by atoms with E-state index >= 15 is 0 Å². The molecule has 1 N–H and O–H groups in total. The molecule has 0 aromatic heterocycles. The number of nitrogens with zero attached hydrogens (tertiary/aromatic N) is 1. The zero-order chi connectivity index (χ0) is 18.4. The monoisotopic (exact) mass is 349 g/mol. The molecular weight excluding hydrogens is 322 g/mol. The van der Waals surface area contributed by atoms with E-state index in [4.69, 9.17) is 9.47 Å². The molecule has 1 heterocycles. The maximum absolute atomic E-state index is 12.5. The van der Waals surface area contributed by atoms with Gasteiger partial charge in [0.1, 0.15) is 5.60 Å². The van der Waals surface area contributed by atoms with Crippen molar-refractivity contribution in [2.24, 2.45) is 0 Å². The van der Waals surface area contributed by atoms with Crippen LogP contribution in [-0.4, -0.2) is 46.9 Å². The molecule has 1 aromatic rings. The molecule has 2 rings (SSSR count). The molecule has 0 saturated carbocycles. The predicted molar refractivity (Wildman–Crippen MR) is 93.0 cm³/mol. The molecule has 0 unspecified atom stereocenters.